The van der Waals surface area contributed by atoms with Crippen molar-refractivity contribution in [2.75, 3.05) is 6.26 Å². The Balaban J connectivity index is 2.41. The highest BCUT2D eigenvalue weighted by Gasteiger charge is 2.38. The number of alkyl halides is 3. The van der Waals surface area contributed by atoms with E-state index in [0.29, 0.717) is 11.3 Å². The second-order valence-corrected chi connectivity index (χ2v) is 6.60. The highest BCUT2D eigenvalue weighted by molar-refractivity contribution is 7.89. The molecule has 0 unspecified atom stereocenters. The average Bonchev–Trinajstić information content (AvgIpc) is 2.79. The molecule has 0 atom stereocenters. The minimum absolute atomic E-state index is 0.151. The monoisotopic (exact) mass is 321 g/mol. The van der Waals surface area contributed by atoms with Crippen LogP contribution in [-0.2, 0) is 21.8 Å². The van der Waals surface area contributed by atoms with E-state index >= 15 is 0 Å². The summed E-state index contributed by atoms with van der Waals surface area (Å²) < 4.78 is 63.9. The Hall–Kier alpha value is -1.97. The molecule has 21 heavy (non-hydrogen) atoms. The Morgan fingerprint density at radius 2 is 2.00 bits per heavy atom. The molecule has 2 heterocycles. The van der Waals surface area contributed by atoms with Crippen molar-refractivity contribution >= 4 is 9.84 Å². The molecule has 0 N–H and O–H groups in total. The first-order valence-corrected chi connectivity index (χ1v) is 7.67. The topological polar surface area (TPSA) is 85.9 Å². The van der Waals surface area contributed by atoms with E-state index in [2.05, 4.69) is 19.6 Å². The van der Waals surface area contributed by atoms with Crippen LogP contribution in [0.3, 0.4) is 0 Å². The van der Waals surface area contributed by atoms with Crippen molar-refractivity contribution in [2.24, 2.45) is 0 Å². The third kappa shape index (κ3) is 3.78. The number of hydrogen-bond donors (Lipinski definition) is 0. The molecule has 0 bridgehead atoms. The summed E-state index contributed by atoms with van der Waals surface area (Å²) in [5, 5.41) is 3.22. The second kappa shape index (κ2) is 5.10. The van der Waals surface area contributed by atoms with Crippen molar-refractivity contribution < 1.29 is 26.1 Å². The third-order valence-corrected chi connectivity index (χ3v) is 3.37. The highest BCUT2D eigenvalue weighted by Crippen LogP contribution is 2.29. The molecule has 0 aliphatic heterocycles. The number of sulfone groups is 1. The molecule has 2 rings (SSSR count). The van der Waals surface area contributed by atoms with Gasteiger partial charge in [0.25, 0.3) is 0 Å². The van der Waals surface area contributed by atoms with Crippen LogP contribution in [0.15, 0.2) is 16.8 Å². The van der Waals surface area contributed by atoms with Gasteiger partial charge < -0.3 is 4.52 Å². The first-order valence-electron chi connectivity index (χ1n) is 5.61. The lowest BCUT2D eigenvalue weighted by Gasteiger charge is -2.05. The van der Waals surface area contributed by atoms with E-state index in [1.54, 1.807) is 6.92 Å². The van der Waals surface area contributed by atoms with Gasteiger partial charge in [0.15, 0.2) is 9.84 Å². The molecule has 0 saturated heterocycles. The molecule has 10 heteroatoms. The number of nitrogens with zero attached hydrogens (tertiary/aromatic N) is 3. The van der Waals surface area contributed by atoms with Crippen LogP contribution in [-0.4, -0.2) is 29.8 Å². The van der Waals surface area contributed by atoms with E-state index in [1.807, 2.05) is 0 Å². The van der Waals surface area contributed by atoms with Crippen molar-refractivity contribution in [2.45, 2.75) is 18.9 Å². The highest BCUT2D eigenvalue weighted by atomic mass is 32.2. The van der Waals surface area contributed by atoms with E-state index < -0.39 is 21.9 Å². The van der Waals surface area contributed by atoms with Gasteiger partial charge in [-0.2, -0.15) is 18.2 Å². The summed E-state index contributed by atoms with van der Waals surface area (Å²) in [5.41, 5.74) is 0.982. The van der Waals surface area contributed by atoms with Gasteiger partial charge in [0, 0.05) is 23.7 Å². The zero-order valence-electron chi connectivity index (χ0n) is 11.0. The standard InChI is InChI=1S/C11H10F3N3O3S/c1-6-8(5-21(2,18)19)3-7(4-15-6)9-16-10(20-17-9)11(12,13)14/h3-4H,5H2,1-2H3. The molecular weight excluding hydrogens is 311 g/mol. The van der Waals surface area contributed by atoms with Crippen LogP contribution < -0.4 is 0 Å². The summed E-state index contributed by atoms with van der Waals surface area (Å²) >= 11 is 0. The molecular formula is C11H10F3N3O3S. The summed E-state index contributed by atoms with van der Waals surface area (Å²) in [6.07, 6.45) is -2.43. The van der Waals surface area contributed by atoms with Crippen molar-refractivity contribution in [3.8, 4) is 11.4 Å². The Kier molecular flexibility index (Phi) is 3.74. The Labute approximate surface area is 117 Å². The zero-order valence-corrected chi connectivity index (χ0v) is 11.8. The number of aryl methyl sites for hydroxylation is 1. The second-order valence-electron chi connectivity index (χ2n) is 4.46. The van der Waals surface area contributed by atoms with E-state index in [0.717, 1.165) is 6.26 Å². The lowest BCUT2D eigenvalue weighted by molar-refractivity contribution is -0.159. The van der Waals surface area contributed by atoms with E-state index in [-0.39, 0.29) is 17.1 Å². The van der Waals surface area contributed by atoms with Gasteiger partial charge in [-0.3, -0.25) is 4.98 Å². The van der Waals surface area contributed by atoms with Crippen LogP contribution in [0.5, 0.6) is 0 Å². The number of rotatable bonds is 3. The molecule has 0 aliphatic carbocycles. The molecule has 0 spiro atoms. The summed E-state index contributed by atoms with van der Waals surface area (Å²) in [6, 6.07) is 1.38. The predicted molar refractivity (Wildman–Crippen MR) is 65.8 cm³/mol. The maximum absolute atomic E-state index is 12.4. The van der Waals surface area contributed by atoms with Crippen molar-refractivity contribution in [3.63, 3.8) is 0 Å². The number of hydrogen-bond acceptors (Lipinski definition) is 6. The molecule has 0 aliphatic rings. The smallest absolute Gasteiger partial charge is 0.329 e. The molecule has 114 valence electrons. The van der Waals surface area contributed by atoms with E-state index in [9.17, 15) is 21.6 Å². The van der Waals surface area contributed by atoms with Gasteiger partial charge in [-0.25, -0.2) is 8.42 Å². The van der Waals surface area contributed by atoms with Gasteiger partial charge in [0.1, 0.15) is 0 Å². The molecule has 2 aromatic heterocycles. The third-order valence-electron chi connectivity index (χ3n) is 2.54. The average molecular weight is 321 g/mol. The molecule has 0 amide bonds. The quantitative estimate of drug-likeness (QED) is 0.859. The molecule has 2 aromatic rings. The summed E-state index contributed by atoms with van der Waals surface area (Å²) in [6.45, 7) is 1.60. The normalized spacial score (nSPS) is 12.6. The number of aromatic nitrogens is 3. The largest absolute Gasteiger partial charge is 0.471 e. The Morgan fingerprint density at radius 3 is 2.52 bits per heavy atom. The molecule has 6 nitrogen and oxygen atoms in total. The molecule has 0 radical (unpaired) electrons. The Morgan fingerprint density at radius 1 is 1.33 bits per heavy atom. The Bertz CT molecular complexity index is 769. The number of halogens is 3. The maximum Gasteiger partial charge on any atom is 0.471 e. The summed E-state index contributed by atoms with van der Waals surface area (Å²) in [7, 11) is -3.30. The molecule has 0 fully saturated rings. The summed E-state index contributed by atoms with van der Waals surface area (Å²) in [4.78, 5) is 7.17. The minimum atomic E-state index is -4.74. The van der Waals surface area contributed by atoms with Crippen LogP contribution in [0.1, 0.15) is 17.1 Å². The van der Waals surface area contributed by atoms with Crippen molar-refractivity contribution in [1.29, 1.82) is 0 Å². The first kappa shape index (κ1) is 15.4. The molecule has 0 aromatic carbocycles. The van der Waals surface area contributed by atoms with Crippen molar-refractivity contribution in [3.05, 3.63) is 29.4 Å². The minimum Gasteiger partial charge on any atom is -0.329 e. The van der Waals surface area contributed by atoms with Gasteiger partial charge in [-0.15, -0.1) is 0 Å². The lowest BCUT2D eigenvalue weighted by Crippen LogP contribution is -2.05. The fraction of sp³-hybridized carbons (Fsp3) is 0.364. The maximum atomic E-state index is 12.4. The van der Waals surface area contributed by atoms with Gasteiger partial charge in [-0.1, -0.05) is 5.16 Å². The summed E-state index contributed by atoms with van der Waals surface area (Å²) in [5.74, 6) is -2.05. The van der Waals surface area contributed by atoms with E-state index in [1.165, 1.54) is 12.3 Å². The van der Waals surface area contributed by atoms with Crippen LogP contribution in [0.2, 0.25) is 0 Å². The van der Waals surface area contributed by atoms with Crippen LogP contribution >= 0.6 is 0 Å². The fourth-order valence-corrected chi connectivity index (χ4v) is 2.44. The van der Waals surface area contributed by atoms with Crippen LogP contribution in [0, 0.1) is 6.92 Å². The van der Waals surface area contributed by atoms with Crippen LogP contribution in [0.25, 0.3) is 11.4 Å². The van der Waals surface area contributed by atoms with Gasteiger partial charge in [0.05, 0.1) is 5.75 Å². The van der Waals surface area contributed by atoms with Gasteiger partial charge in [0.2, 0.25) is 5.82 Å². The predicted octanol–water partition coefficient (Wildman–Crippen LogP) is 2.00. The van der Waals surface area contributed by atoms with Crippen molar-refractivity contribution in [1.82, 2.24) is 15.1 Å². The SMILES string of the molecule is Cc1ncc(-c2noc(C(F)(F)F)n2)cc1CS(C)(=O)=O. The zero-order chi connectivity index (χ0) is 15.8. The van der Waals surface area contributed by atoms with Crippen LogP contribution in [0.4, 0.5) is 13.2 Å². The fourth-order valence-electron chi connectivity index (χ4n) is 1.59. The van der Waals surface area contributed by atoms with Gasteiger partial charge in [-0.05, 0) is 18.6 Å². The first-order chi connectivity index (χ1) is 9.56. The van der Waals surface area contributed by atoms with Gasteiger partial charge >= 0.3 is 12.1 Å². The lowest BCUT2D eigenvalue weighted by atomic mass is 10.1. The number of pyridine rings is 1. The molecule has 0 saturated carbocycles. The van der Waals surface area contributed by atoms with E-state index in [4.69, 9.17) is 0 Å².